The van der Waals surface area contributed by atoms with Crippen LogP contribution in [0.1, 0.15) is 36.6 Å². The molecule has 0 bridgehead atoms. The molecule has 0 aromatic heterocycles. The zero-order valence-corrected chi connectivity index (χ0v) is 15.7. The van der Waals surface area contributed by atoms with E-state index in [1.165, 1.54) is 0 Å². The van der Waals surface area contributed by atoms with Crippen molar-refractivity contribution >= 4 is 38.9 Å². The monoisotopic (exact) mass is 416 g/mol. The molecule has 0 heterocycles. The maximum Gasteiger partial charge on any atom is 0.198 e. The molecular formula is C23H13BrO3. The van der Waals surface area contributed by atoms with E-state index in [1.807, 2.05) is 6.07 Å². The summed E-state index contributed by atoms with van der Waals surface area (Å²) < 4.78 is 0.843. The van der Waals surface area contributed by atoms with E-state index in [-0.39, 0.29) is 16.9 Å². The van der Waals surface area contributed by atoms with E-state index >= 15 is 0 Å². The van der Waals surface area contributed by atoms with Crippen LogP contribution in [-0.2, 0) is 0 Å². The molecule has 0 unspecified atom stereocenters. The summed E-state index contributed by atoms with van der Waals surface area (Å²) >= 11 is 3.37. The van der Waals surface area contributed by atoms with Gasteiger partial charge in [-0.2, -0.15) is 0 Å². The minimum absolute atomic E-state index is 0.0626. The lowest BCUT2D eigenvalue weighted by Gasteiger charge is -2.10. The van der Waals surface area contributed by atoms with Crippen molar-refractivity contribution in [2.75, 3.05) is 0 Å². The maximum absolute atomic E-state index is 13.3. The number of Topliss-reactive ketones (excluding diaryl/α,β-unsaturated/α-hetero) is 3. The number of carbonyl (C=O) groups excluding carboxylic acids is 3. The van der Waals surface area contributed by atoms with Gasteiger partial charge >= 0.3 is 0 Å². The predicted octanol–water partition coefficient (Wildman–Crippen LogP) is 5.16. The number of benzene rings is 3. The van der Waals surface area contributed by atoms with Gasteiger partial charge in [0, 0.05) is 26.7 Å². The van der Waals surface area contributed by atoms with Crippen LogP contribution in [0.5, 0.6) is 0 Å². The SMILES string of the molecule is O=C(C(=C1C(=O)c2ccccc2C1=O)c1ccc(Br)cc1)c1ccccc1. The smallest absolute Gasteiger partial charge is 0.198 e. The number of halogens is 1. The zero-order valence-electron chi connectivity index (χ0n) is 14.1. The summed E-state index contributed by atoms with van der Waals surface area (Å²) in [6, 6.07) is 22.4. The van der Waals surface area contributed by atoms with Crippen LogP contribution in [0.25, 0.3) is 5.57 Å². The molecule has 0 radical (unpaired) electrons. The average molecular weight is 417 g/mol. The van der Waals surface area contributed by atoms with Gasteiger partial charge in [0.1, 0.15) is 0 Å². The topological polar surface area (TPSA) is 51.2 Å². The number of hydrogen-bond acceptors (Lipinski definition) is 3. The Morgan fingerprint density at radius 3 is 1.70 bits per heavy atom. The Bertz CT molecular complexity index is 1070. The highest BCUT2D eigenvalue weighted by Gasteiger charge is 2.37. The van der Waals surface area contributed by atoms with Gasteiger partial charge in [-0.25, -0.2) is 0 Å². The van der Waals surface area contributed by atoms with Gasteiger partial charge < -0.3 is 0 Å². The zero-order chi connectivity index (χ0) is 19.0. The van der Waals surface area contributed by atoms with Crippen molar-refractivity contribution < 1.29 is 14.4 Å². The Kier molecular flexibility index (Phi) is 4.42. The predicted molar refractivity (Wildman–Crippen MR) is 107 cm³/mol. The molecule has 130 valence electrons. The second-order valence-electron chi connectivity index (χ2n) is 6.16. The molecule has 0 saturated heterocycles. The third-order valence-electron chi connectivity index (χ3n) is 4.52. The summed E-state index contributed by atoms with van der Waals surface area (Å²) in [5.41, 5.74) is 1.73. The Labute approximate surface area is 164 Å². The molecule has 0 atom stereocenters. The number of carbonyl (C=O) groups is 3. The van der Waals surface area contributed by atoms with Crippen LogP contribution in [0.2, 0.25) is 0 Å². The number of allylic oxidation sites excluding steroid dienone is 2. The normalized spacial score (nSPS) is 12.9. The Balaban J connectivity index is 1.98. The van der Waals surface area contributed by atoms with Crippen LogP contribution in [-0.4, -0.2) is 17.3 Å². The van der Waals surface area contributed by atoms with Crippen molar-refractivity contribution in [1.82, 2.24) is 0 Å². The van der Waals surface area contributed by atoms with E-state index in [1.54, 1.807) is 72.8 Å². The van der Waals surface area contributed by atoms with E-state index in [9.17, 15) is 14.4 Å². The summed E-state index contributed by atoms with van der Waals surface area (Å²) in [6.45, 7) is 0. The summed E-state index contributed by atoms with van der Waals surface area (Å²) in [5.74, 6) is -1.15. The molecule has 3 nitrogen and oxygen atoms in total. The molecule has 0 fully saturated rings. The van der Waals surface area contributed by atoms with E-state index in [4.69, 9.17) is 0 Å². The van der Waals surface area contributed by atoms with Crippen LogP contribution in [0.3, 0.4) is 0 Å². The second-order valence-corrected chi connectivity index (χ2v) is 7.07. The average Bonchev–Trinajstić information content (AvgIpc) is 2.96. The third-order valence-corrected chi connectivity index (χ3v) is 5.05. The molecule has 0 N–H and O–H groups in total. The lowest BCUT2D eigenvalue weighted by molar-refractivity contribution is 0.0976. The van der Waals surface area contributed by atoms with Gasteiger partial charge in [-0.3, -0.25) is 14.4 Å². The van der Waals surface area contributed by atoms with Gasteiger partial charge in [-0.05, 0) is 17.7 Å². The summed E-state index contributed by atoms with van der Waals surface area (Å²) in [6.07, 6.45) is 0. The fourth-order valence-electron chi connectivity index (χ4n) is 3.22. The first-order valence-electron chi connectivity index (χ1n) is 8.36. The van der Waals surface area contributed by atoms with Crippen molar-refractivity contribution in [3.05, 3.63) is 111 Å². The molecule has 3 aromatic carbocycles. The highest BCUT2D eigenvalue weighted by Crippen LogP contribution is 2.34. The molecule has 1 aliphatic carbocycles. The van der Waals surface area contributed by atoms with Gasteiger partial charge in [0.05, 0.1) is 5.57 Å². The quantitative estimate of drug-likeness (QED) is 0.336. The van der Waals surface area contributed by atoms with Crippen LogP contribution in [0, 0.1) is 0 Å². The Morgan fingerprint density at radius 2 is 1.15 bits per heavy atom. The van der Waals surface area contributed by atoms with E-state index in [0.717, 1.165) is 4.47 Å². The second kappa shape index (κ2) is 6.89. The summed E-state index contributed by atoms with van der Waals surface area (Å²) in [4.78, 5) is 39.3. The van der Waals surface area contributed by atoms with Crippen molar-refractivity contribution in [2.45, 2.75) is 0 Å². The van der Waals surface area contributed by atoms with Gasteiger partial charge in [0.25, 0.3) is 0 Å². The van der Waals surface area contributed by atoms with Gasteiger partial charge in [-0.15, -0.1) is 0 Å². The van der Waals surface area contributed by atoms with Crippen molar-refractivity contribution in [2.24, 2.45) is 0 Å². The lowest BCUT2D eigenvalue weighted by Crippen LogP contribution is -2.12. The fraction of sp³-hybridized carbons (Fsp3) is 0. The van der Waals surface area contributed by atoms with Gasteiger partial charge in [-0.1, -0.05) is 82.7 Å². The molecular weight excluding hydrogens is 404 g/mol. The standard InChI is InChI=1S/C23H13BrO3/c24-16-12-10-14(11-13-16)19(21(25)15-6-2-1-3-7-15)20-22(26)17-8-4-5-9-18(17)23(20)27/h1-13H. The summed E-state index contributed by atoms with van der Waals surface area (Å²) in [5, 5.41) is 0. The highest BCUT2D eigenvalue weighted by atomic mass is 79.9. The molecule has 0 aliphatic heterocycles. The molecule has 0 spiro atoms. The Hall–Kier alpha value is -3.11. The number of fused-ring (bicyclic) bond motifs is 1. The van der Waals surface area contributed by atoms with Crippen molar-refractivity contribution in [1.29, 1.82) is 0 Å². The van der Waals surface area contributed by atoms with E-state index in [0.29, 0.717) is 22.3 Å². The molecule has 4 rings (SSSR count). The molecule has 3 aromatic rings. The van der Waals surface area contributed by atoms with Crippen LogP contribution >= 0.6 is 15.9 Å². The van der Waals surface area contributed by atoms with Crippen LogP contribution in [0.15, 0.2) is 88.9 Å². The van der Waals surface area contributed by atoms with Crippen LogP contribution < -0.4 is 0 Å². The maximum atomic E-state index is 13.3. The molecule has 0 saturated carbocycles. The third kappa shape index (κ3) is 2.98. The van der Waals surface area contributed by atoms with Crippen molar-refractivity contribution in [3.8, 4) is 0 Å². The molecule has 1 aliphatic rings. The van der Waals surface area contributed by atoms with Gasteiger partial charge in [0.2, 0.25) is 0 Å². The number of ketones is 3. The first-order chi connectivity index (χ1) is 13.1. The summed E-state index contributed by atoms with van der Waals surface area (Å²) in [7, 11) is 0. The largest absolute Gasteiger partial charge is 0.289 e. The molecule has 27 heavy (non-hydrogen) atoms. The van der Waals surface area contributed by atoms with Crippen molar-refractivity contribution in [3.63, 3.8) is 0 Å². The molecule has 4 heteroatoms. The van der Waals surface area contributed by atoms with Gasteiger partial charge in [0.15, 0.2) is 17.3 Å². The first-order valence-corrected chi connectivity index (χ1v) is 9.15. The Morgan fingerprint density at radius 1 is 0.630 bits per heavy atom. The first kappa shape index (κ1) is 17.3. The minimum Gasteiger partial charge on any atom is -0.289 e. The number of rotatable bonds is 3. The van der Waals surface area contributed by atoms with E-state index in [2.05, 4.69) is 15.9 Å². The lowest BCUT2D eigenvalue weighted by atomic mass is 9.90. The highest BCUT2D eigenvalue weighted by molar-refractivity contribution is 9.10. The van der Waals surface area contributed by atoms with Crippen LogP contribution in [0.4, 0.5) is 0 Å². The fourth-order valence-corrected chi connectivity index (χ4v) is 3.48. The van der Waals surface area contributed by atoms with E-state index < -0.39 is 11.6 Å². The number of hydrogen-bond donors (Lipinski definition) is 0. The minimum atomic E-state index is -0.405. The molecule has 0 amide bonds.